The molecule has 1 atom stereocenters. The van der Waals surface area contributed by atoms with Crippen LogP contribution in [0, 0.1) is 0 Å². The van der Waals surface area contributed by atoms with Gasteiger partial charge < -0.3 is 10.6 Å². The zero-order valence-corrected chi connectivity index (χ0v) is 12.9. The van der Waals surface area contributed by atoms with Gasteiger partial charge in [-0.05, 0) is 40.5 Å². The molecule has 7 heteroatoms. The minimum Gasteiger partial charge on any atom is -0.354 e. The van der Waals surface area contributed by atoms with Crippen molar-refractivity contribution in [1.82, 2.24) is 10.2 Å². The van der Waals surface area contributed by atoms with Gasteiger partial charge in [-0.2, -0.15) is 0 Å². The predicted molar refractivity (Wildman–Crippen MR) is 80.4 cm³/mol. The second kappa shape index (κ2) is 6.12. The maximum Gasteiger partial charge on any atom is 0.221 e. The van der Waals surface area contributed by atoms with Gasteiger partial charge in [0, 0.05) is 12.6 Å². The van der Waals surface area contributed by atoms with Gasteiger partial charge in [-0.15, -0.1) is 10.2 Å². The molecule has 5 nitrogen and oxygen atoms in total. The van der Waals surface area contributed by atoms with E-state index in [1.54, 1.807) is 0 Å². The van der Waals surface area contributed by atoms with Crippen LogP contribution in [0.5, 0.6) is 0 Å². The van der Waals surface area contributed by atoms with Gasteiger partial charge in [-0.3, -0.25) is 4.79 Å². The smallest absolute Gasteiger partial charge is 0.221 e. The fourth-order valence-corrected chi connectivity index (χ4v) is 2.72. The number of benzene rings is 1. The number of hydrogen-bond acceptors (Lipinski definition) is 5. The molecule has 0 aliphatic heterocycles. The lowest BCUT2D eigenvalue weighted by Gasteiger charge is -2.14. The lowest BCUT2D eigenvalue weighted by molar-refractivity contribution is -0.114. The molecule has 0 aliphatic rings. The number of nitrogens with one attached hydrogen (secondary N) is 2. The van der Waals surface area contributed by atoms with Crippen molar-refractivity contribution < 1.29 is 4.79 Å². The molecule has 2 aromatic rings. The first kappa shape index (κ1) is 14.0. The molecule has 0 saturated carbocycles. The van der Waals surface area contributed by atoms with Gasteiger partial charge in [-0.25, -0.2) is 0 Å². The Bertz CT molecular complexity index is 587. The molecule has 1 aromatic carbocycles. The van der Waals surface area contributed by atoms with E-state index in [0.29, 0.717) is 0 Å². The van der Waals surface area contributed by atoms with Crippen LogP contribution in [0.15, 0.2) is 28.2 Å². The van der Waals surface area contributed by atoms with Gasteiger partial charge in [0.05, 0.1) is 6.04 Å². The minimum atomic E-state index is -0.0779. The van der Waals surface area contributed by atoms with Crippen molar-refractivity contribution in [1.29, 1.82) is 0 Å². The van der Waals surface area contributed by atoms with Crippen molar-refractivity contribution in [3.05, 3.63) is 33.7 Å². The Morgan fingerprint density at radius 2 is 2.21 bits per heavy atom. The Kier molecular flexibility index (Phi) is 4.49. The third-order valence-electron chi connectivity index (χ3n) is 2.45. The normalized spacial score (nSPS) is 11.9. The molecular formula is C12H13BrN4OS. The Balaban J connectivity index is 2.10. The predicted octanol–water partition coefficient (Wildman–Crippen LogP) is 3.43. The van der Waals surface area contributed by atoms with Crippen LogP contribution in [-0.4, -0.2) is 16.1 Å². The summed E-state index contributed by atoms with van der Waals surface area (Å²) in [6.07, 6.45) is 0. The number of halogens is 1. The maximum atomic E-state index is 11.0. The van der Waals surface area contributed by atoms with Crippen molar-refractivity contribution >= 4 is 44.0 Å². The molecule has 0 saturated heterocycles. The van der Waals surface area contributed by atoms with Crippen molar-refractivity contribution in [2.75, 3.05) is 10.6 Å². The van der Waals surface area contributed by atoms with Gasteiger partial charge in [0.15, 0.2) is 3.92 Å². The third kappa shape index (κ3) is 4.00. The summed E-state index contributed by atoms with van der Waals surface area (Å²) in [4.78, 5) is 11.0. The average Bonchev–Trinajstić information content (AvgIpc) is 2.74. The highest BCUT2D eigenvalue weighted by Gasteiger charge is 2.09. The van der Waals surface area contributed by atoms with E-state index in [-0.39, 0.29) is 11.9 Å². The molecule has 0 fully saturated rings. The second-order valence-electron chi connectivity index (χ2n) is 4.03. The highest BCUT2D eigenvalue weighted by Crippen LogP contribution is 2.25. The molecule has 0 bridgehead atoms. The van der Waals surface area contributed by atoms with Gasteiger partial charge in [0.25, 0.3) is 0 Å². The fraction of sp³-hybridized carbons (Fsp3) is 0.250. The molecule has 0 aliphatic carbocycles. The van der Waals surface area contributed by atoms with E-state index in [0.717, 1.165) is 20.3 Å². The number of carbonyl (C=O) groups is 1. The molecule has 1 unspecified atom stereocenters. The average molecular weight is 341 g/mol. The van der Waals surface area contributed by atoms with Crippen molar-refractivity contribution in [2.24, 2.45) is 0 Å². The fourth-order valence-electron chi connectivity index (χ4n) is 1.62. The zero-order chi connectivity index (χ0) is 13.8. The molecular weight excluding hydrogens is 328 g/mol. The van der Waals surface area contributed by atoms with Crippen molar-refractivity contribution in [2.45, 2.75) is 19.9 Å². The van der Waals surface area contributed by atoms with Gasteiger partial charge in [0.1, 0.15) is 0 Å². The summed E-state index contributed by atoms with van der Waals surface area (Å²) in [5, 5.41) is 14.7. The van der Waals surface area contributed by atoms with Crippen LogP contribution in [0.1, 0.15) is 25.5 Å². The van der Waals surface area contributed by atoms with Gasteiger partial charge in [0.2, 0.25) is 11.0 Å². The second-order valence-corrected chi connectivity index (χ2v) is 6.29. The number of carbonyl (C=O) groups excluding carboxylic acids is 1. The van der Waals surface area contributed by atoms with Crippen LogP contribution in [0.25, 0.3) is 0 Å². The Labute approximate surface area is 123 Å². The van der Waals surface area contributed by atoms with E-state index in [2.05, 4.69) is 36.8 Å². The largest absolute Gasteiger partial charge is 0.354 e. The van der Waals surface area contributed by atoms with Crippen molar-refractivity contribution in [3.8, 4) is 0 Å². The van der Waals surface area contributed by atoms with Crippen LogP contribution in [0.3, 0.4) is 0 Å². The first-order valence-corrected chi connectivity index (χ1v) is 7.28. The molecule has 0 radical (unpaired) electrons. The molecule has 2 rings (SSSR count). The molecule has 2 N–H and O–H groups in total. The van der Waals surface area contributed by atoms with Gasteiger partial charge in [-0.1, -0.05) is 23.5 Å². The SMILES string of the molecule is CC(=O)Nc1cccc(C(C)Nc2nnc(Br)s2)c1. The molecule has 19 heavy (non-hydrogen) atoms. The number of amides is 1. The number of aromatic nitrogens is 2. The molecule has 1 aromatic heterocycles. The topological polar surface area (TPSA) is 66.9 Å². The Morgan fingerprint density at radius 3 is 2.84 bits per heavy atom. The van der Waals surface area contributed by atoms with Gasteiger partial charge >= 0.3 is 0 Å². The van der Waals surface area contributed by atoms with E-state index in [9.17, 15) is 4.79 Å². The lowest BCUT2D eigenvalue weighted by atomic mass is 10.1. The molecule has 100 valence electrons. The third-order valence-corrected chi connectivity index (χ3v) is 3.73. The van der Waals surface area contributed by atoms with Crippen LogP contribution < -0.4 is 10.6 Å². The summed E-state index contributed by atoms with van der Waals surface area (Å²) >= 11 is 4.71. The van der Waals surface area contributed by atoms with Crippen LogP contribution >= 0.6 is 27.3 Å². The summed E-state index contributed by atoms with van der Waals surface area (Å²) in [6, 6.07) is 7.79. The summed E-state index contributed by atoms with van der Waals surface area (Å²) in [5.74, 6) is -0.0779. The summed E-state index contributed by atoms with van der Waals surface area (Å²) in [5.41, 5.74) is 1.86. The number of hydrogen-bond donors (Lipinski definition) is 2. The van der Waals surface area contributed by atoms with Crippen LogP contribution in [-0.2, 0) is 4.79 Å². The molecule has 0 spiro atoms. The number of rotatable bonds is 4. The Hall–Kier alpha value is -1.47. The standard InChI is InChI=1S/C12H13BrN4OS/c1-7(14-12-17-16-11(13)19-12)9-4-3-5-10(6-9)15-8(2)18/h3-7H,1-2H3,(H,14,17)(H,15,18). The quantitative estimate of drug-likeness (QED) is 0.894. The van der Waals surface area contributed by atoms with E-state index < -0.39 is 0 Å². The number of nitrogens with zero attached hydrogens (tertiary/aromatic N) is 2. The minimum absolute atomic E-state index is 0.0774. The molecule has 1 heterocycles. The monoisotopic (exact) mass is 340 g/mol. The summed E-state index contributed by atoms with van der Waals surface area (Å²) in [7, 11) is 0. The van der Waals surface area contributed by atoms with Crippen LogP contribution in [0.4, 0.5) is 10.8 Å². The number of anilines is 2. The first-order valence-electron chi connectivity index (χ1n) is 5.67. The first-order chi connectivity index (χ1) is 9.04. The van der Waals surface area contributed by atoms with Crippen molar-refractivity contribution in [3.63, 3.8) is 0 Å². The highest BCUT2D eigenvalue weighted by molar-refractivity contribution is 9.11. The van der Waals surface area contributed by atoms with E-state index in [4.69, 9.17) is 0 Å². The highest BCUT2D eigenvalue weighted by atomic mass is 79.9. The maximum absolute atomic E-state index is 11.0. The Morgan fingerprint density at radius 1 is 1.42 bits per heavy atom. The molecule has 1 amide bonds. The van der Waals surface area contributed by atoms with E-state index in [1.807, 2.05) is 31.2 Å². The lowest BCUT2D eigenvalue weighted by Crippen LogP contribution is -2.09. The summed E-state index contributed by atoms with van der Waals surface area (Å²) < 4.78 is 0.745. The van der Waals surface area contributed by atoms with E-state index >= 15 is 0 Å². The zero-order valence-electron chi connectivity index (χ0n) is 10.5. The van der Waals surface area contributed by atoms with Crippen LogP contribution in [0.2, 0.25) is 0 Å². The van der Waals surface area contributed by atoms with E-state index in [1.165, 1.54) is 18.3 Å². The summed E-state index contributed by atoms with van der Waals surface area (Å²) in [6.45, 7) is 3.52.